The van der Waals surface area contributed by atoms with Gasteiger partial charge in [-0.1, -0.05) is 12.1 Å². The third kappa shape index (κ3) is 3.23. The predicted molar refractivity (Wildman–Crippen MR) is 68.2 cm³/mol. The van der Waals surface area contributed by atoms with Gasteiger partial charge in [-0.25, -0.2) is 0 Å². The van der Waals surface area contributed by atoms with Crippen LogP contribution >= 0.6 is 0 Å². The van der Waals surface area contributed by atoms with E-state index in [1.165, 1.54) is 0 Å². The van der Waals surface area contributed by atoms with E-state index in [1.807, 2.05) is 11.0 Å². The van der Waals surface area contributed by atoms with Crippen molar-refractivity contribution in [1.82, 2.24) is 4.90 Å². The molecule has 98 valence electrons. The minimum Gasteiger partial charge on any atom is -0.508 e. The van der Waals surface area contributed by atoms with E-state index in [0.717, 1.165) is 24.9 Å². The number of hydrogen-bond acceptors (Lipinski definition) is 3. The second-order valence-electron chi connectivity index (χ2n) is 4.88. The van der Waals surface area contributed by atoms with Crippen LogP contribution in [0.5, 0.6) is 5.75 Å². The zero-order valence-electron chi connectivity index (χ0n) is 10.4. The lowest BCUT2D eigenvalue weighted by Crippen LogP contribution is -2.41. The van der Waals surface area contributed by atoms with E-state index < -0.39 is 0 Å². The second kappa shape index (κ2) is 5.87. The minimum absolute atomic E-state index is 0.0683. The van der Waals surface area contributed by atoms with Gasteiger partial charge in [-0.15, -0.1) is 0 Å². The lowest BCUT2D eigenvalue weighted by atomic mass is 9.98. The number of piperidine rings is 1. The fourth-order valence-corrected chi connectivity index (χ4v) is 2.39. The van der Waals surface area contributed by atoms with Crippen molar-refractivity contribution in [2.24, 2.45) is 5.92 Å². The van der Waals surface area contributed by atoms with Crippen molar-refractivity contribution in [2.75, 3.05) is 19.7 Å². The van der Waals surface area contributed by atoms with Gasteiger partial charge in [0, 0.05) is 19.7 Å². The Morgan fingerprint density at radius 1 is 1.44 bits per heavy atom. The van der Waals surface area contributed by atoms with E-state index in [1.54, 1.807) is 18.2 Å². The van der Waals surface area contributed by atoms with Gasteiger partial charge in [-0.05, 0) is 36.5 Å². The van der Waals surface area contributed by atoms with Crippen LogP contribution < -0.4 is 0 Å². The van der Waals surface area contributed by atoms with Gasteiger partial charge in [-0.2, -0.15) is 0 Å². The summed E-state index contributed by atoms with van der Waals surface area (Å²) >= 11 is 0. The van der Waals surface area contributed by atoms with Gasteiger partial charge in [-0.3, -0.25) is 4.79 Å². The molecule has 0 bridgehead atoms. The third-order valence-corrected chi connectivity index (χ3v) is 3.40. The molecule has 1 unspecified atom stereocenters. The van der Waals surface area contributed by atoms with Gasteiger partial charge in [0.05, 0.1) is 6.42 Å². The fraction of sp³-hybridized carbons (Fsp3) is 0.500. The molecule has 18 heavy (non-hydrogen) atoms. The third-order valence-electron chi connectivity index (χ3n) is 3.40. The molecule has 1 atom stereocenters. The maximum atomic E-state index is 12.1. The van der Waals surface area contributed by atoms with Gasteiger partial charge in [0.15, 0.2) is 0 Å². The first kappa shape index (κ1) is 12.9. The number of nitrogens with zero attached hydrogens (tertiary/aromatic N) is 1. The number of aliphatic hydroxyl groups excluding tert-OH is 1. The highest BCUT2D eigenvalue weighted by Gasteiger charge is 2.22. The van der Waals surface area contributed by atoms with Crippen LogP contribution in [0.3, 0.4) is 0 Å². The molecule has 0 spiro atoms. The number of phenols is 1. The van der Waals surface area contributed by atoms with Crippen molar-refractivity contribution in [3.05, 3.63) is 29.8 Å². The zero-order chi connectivity index (χ0) is 13.0. The lowest BCUT2D eigenvalue weighted by Gasteiger charge is -2.32. The summed E-state index contributed by atoms with van der Waals surface area (Å²) in [6.45, 7) is 1.57. The van der Waals surface area contributed by atoms with Crippen LogP contribution in [0, 0.1) is 5.92 Å². The van der Waals surface area contributed by atoms with Crippen molar-refractivity contribution < 1.29 is 15.0 Å². The number of benzene rings is 1. The summed E-state index contributed by atoms with van der Waals surface area (Å²) in [6.07, 6.45) is 2.26. The van der Waals surface area contributed by atoms with Crippen molar-refractivity contribution in [3.63, 3.8) is 0 Å². The summed E-state index contributed by atoms with van der Waals surface area (Å²) in [4.78, 5) is 13.9. The quantitative estimate of drug-likeness (QED) is 0.845. The molecule has 1 aliphatic rings. The highest BCUT2D eigenvalue weighted by atomic mass is 16.3. The molecule has 1 fully saturated rings. The van der Waals surface area contributed by atoms with E-state index in [2.05, 4.69) is 0 Å². The monoisotopic (exact) mass is 249 g/mol. The van der Waals surface area contributed by atoms with Crippen molar-refractivity contribution >= 4 is 5.91 Å². The Morgan fingerprint density at radius 2 is 2.28 bits per heavy atom. The van der Waals surface area contributed by atoms with Crippen molar-refractivity contribution in [2.45, 2.75) is 19.3 Å². The normalized spacial score (nSPS) is 19.8. The predicted octanol–water partition coefficient (Wildman–Crippen LogP) is 1.17. The van der Waals surface area contributed by atoms with Crippen LogP contribution in [-0.2, 0) is 11.2 Å². The molecular formula is C14H19NO3. The van der Waals surface area contributed by atoms with E-state index in [0.29, 0.717) is 13.0 Å². The molecule has 1 aromatic rings. The topological polar surface area (TPSA) is 60.8 Å². The van der Waals surface area contributed by atoms with Crippen LogP contribution in [-0.4, -0.2) is 40.7 Å². The van der Waals surface area contributed by atoms with Crippen molar-refractivity contribution in [3.8, 4) is 5.75 Å². The average molecular weight is 249 g/mol. The molecule has 0 aromatic heterocycles. The van der Waals surface area contributed by atoms with Gasteiger partial charge in [0.1, 0.15) is 5.75 Å². The number of aromatic hydroxyl groups is 1. The molecule has 4 nitrogen and oxygen atoms in total. The second-order valence-corrected chi connectivity index (χ2v) is 4.88. The Balaban J connectivity index is 1.95. The van der Waals surface area contributed by atoms with Gasteiger partial charge in [0.2, 0.25) is 5.91 Å². The SMILES string of the molecule is O=C(Cc1cccc(O)c1)N1CCCC(CO)C1. The summed E-state index contributed by atoms with van der Waals surface area (Å²) < 4.78 is 0. The summed E-state index contributed by atoms with van der Waals surface area (Å²) in [7, 11) is 0. The number of rotatable bonds is 3. The Hall–Kier alpha value is -1.55. The first-order valence-electron chi connectivity index (χ1n) is 6.35. The number of likely N-dealkylation sites (tertiary alicyclic amines) is 1. The zero-order valence-corrected chi connectivity index (χ0v) is 10.4. The molecule has 1 amide bonds. The Morgan fingerprint density at radius 3 is 3.00 bits per heavy atom. The first-order valence-corrected chi connectivity index (χ1v) is 6.35. The maximum Gasteiger partial charge on any atom is 0.227 e. The van der Waals surface area contributed by atoms with Gasteiger partial charge >= 0.3 is 0 Å². The smallest absolute Gasteiger partial charge is 0.227 e. The van der Waals surface area contributed by atoms with E-state index in [-0.39, 0.29) is 24.2 Å². The molecule has 1 heterocycles. The number of aliphatic hydroxyl groups is 1. The van der Waals surface area contributed by atoms with Crippen molar-refractivity contribution in [1.29, 1.82) is 0 Å². The highest BCUT2D eigenvalue weighted by Crippen LogP contribution is 2.18. The molecule has 1 saturated heterocycles. The van der Waals surface area contributed by atoms with Crippen LogP contribution in [0.1, 0.15) is 18.4 Å². The number of amides is 1. The number of hydrogen-bond donors (Lipinski definition) is 2. The fourth-order valence-electron chi connectivity index (χ4n) is 2.39. The Labute approximate surface area is 107 Å². The van der Waals surface area contributed by atoms with Crippen LogP contribution in [0.25, 0.3) is 0 Å². The van der Waals surface area contributed by atoms with Crippen LogP contribution in [0.15, 0.2) is 24.3 Å². The molecule has 2 N–H and O–H groups in total. The molecule has 4 heteroatoms. The highest BCUT2D eigenvalue weighted by molar-refractivity contribution is 5.79. The molecule has 1 aromatic carbocycles. The molecule has 2 rings (SSSR count). The molecule has 0 radical (unpaired) electrons. The minimum atomic E-state index is 0.0683. The molecule has 1 aliphatic heterocycles. The standard InChI is InChI=1S/C14H19NO3/c16-10-12-4-2-6-15(9-12)14(18)8-11-3-1-5-13(17)7-11/h1,3,5,7,12,16-17H,2,4,6,8-10H2. The molecule has 0 saturated carbocycles. The molecule has 0 aliphatic carbocycles. The lowest BCUT2D eigenvalue weighted by molar-refractivity contribution is -0.132. The Kier molecular flexibility index (Phi) is 4.20. The molecular weight excluding hydrogens is 230 g/mol. The van der Waals surface area contributed by atoms with E-state index in [9.17, 15) is 9.90 Å². The van der Waals surface area contributed by atoms with E-state index in [4.69, 9.17) is 5.11 Å². The maximum absolute atomic E-state index is 12.1. The largest absolute Gasteiger partial charge is 0.508 e. The van der Waals surface area contributed by atoms with Crippen LogP contribution in [0.2, 0.25) is 0 Å². The number of phenolic OH excluding ortho intramolecular Hbond substituents is 1. The number of carbonyl (C=O) groups excluding carboxylic acids is 1. The Bertz CT molecular complexity index is 419. The van der Waals surface area contributed by atoms with Crippen LogP contribution in [0.4, 0.5) is 0 Å². The van der Waals surface area contributed by atoms with Gasteiger partial charge < -0.3 is 15.1 Å². The van der Waals surface area contributed by atoms with Gasteiger partial charge in [0.25, 0.3) is 0 Å². The summed E-state index contributed by atoms with van der Waals surface area (Å²) in [6, 6.07) is 6.79. The number of carbonyl (C=O) groups is 1. The average Bonchev–Trinajstić information content (AvgIpc) is 2.39. The summed E-state index contributed by atoms with van der Waals surface area (Å²) in [5, 5.41) is 18.5. The summed E-state index contributed by atoms with van der Waals surface area (Å²) in [5.41, 5.74) is 0.825. The summed E-state index contributed by atoms with van der Waals surface area (Å²) in [5.74, 6) is 0.470. The van der Waals surface area contributed by atoms with E-state index >= 15 is 0 Å². The first-order chi connectivity index (χ1) is 8.69.